The van der Waals surface area contributed by atoms with Crippen LogP contribution >= 0.6 is 54.5 Å². The molecular weight excluding hydrogens is 408 g/mol. The monoisotopic (exact) mass is 422 g/mol. The molecule has 104 valence electrons. The third-order valence-corrected chi connectivity index (χ3v) is 6.26. The minimum absolute atomic E-state index is 0.0963. The van der Waals surface area contributed by atoms with Crippen LogP contribution in [0.5, 0.6) is 0 Å². The summed E-state index contributed by atoms with van der Waals surface area (Å²) >= 11 is 10.6. The highest BCUT2D eigenvalue weighted by molar-refractivity contribution is 9.11. The van der Waals surface area contributed by atoms with Crippen LogP contribution in [0.4, 0.5) is 0 Å². The molecule has 2 aromatic heterocycles. The number of nitrogens with two attached hydrogens (primary N) is 1. The van der Waals surface area contributed by atoms with Crippen molar-refractivity contribution in [3.05, 3.63) is 41.6 Å². The zero-order valence-corrected chi connectivity index (χ0v) is 15.6. The van der Waals surface area contributed by atoms with Crippen LogP contribution in [0.25, 0.3) is 0 Å². The fourth-order valence-corrected chi connectivity index (χ4v) is 5.36. The largest absolute Gasteiger partial charge is 0.326 e. The average Bonchev–Trinajstić information content (AvgIpc) is 2.88. The van der Waals surface area contributed by atoms with Crippen molar-refractivity contribution in [3.8, 4) is 0 Å². The van der Waals surface area contributed by atoms with Crippen LogP contribution in [0.15, 0.2) is 31.8 Å². The highest BCUT2D eigenvalue weighted by Gasteiger charge is 2.23. The van der Waals surface area contributed by atoms with Crippen molar-refractivity contribution in [2.24, 2.45) is 5.73 Å². The van der Waals surface area contributed by atoms with Crippen molar-refractivity contribution in [1.82, 2.24) is 4.90 Å². The van der Waals surface area contributed by atoms with Gasteiger partial charge in [0.15, 0.2) is 0 Å². The van der Waals surface area contributed by atoms with E-state index in [0.717, 1.165) is 14.8 Å². The van der Waals surface area contributed by atoms with Crippen molar-refractivity contribution in [2.75, 3.05) is 7.05 Å². The molecule has 0 radical (unpaired) electrons. The number of thiophene rings is 2. The zero-order chi connectivity index (χ0) is 14.0. The van der Waals surface area contributed by atoms with Gasteiger partial charge in [0, 0.05) is 32.2 Å². The van der Waals surface area contributed by atoms with Gasteiger partial charge in [-0.1, -0.05) is 0 Å². The Morgan fingerprint density at radius 3 is 2.58 bits per heavy atom. The van der Waals surface area contributed by atoms with Gasteiger partial charge in [-0.15, -0.1) is 22.7 Å². The van der Waals surface area contributed by atoms with E-state index in [1.165, 1.54) is 9.75 Å². The molecule has 0 bridgehead atoms. The highest BCUT2D eigenvalue weighted by atomic mass is 79.9. The normalized spacial score (nSPS) is 14.8. The lowest BCUT2D eigenvalue weighted by atomic mass is 10.1. The highest BCUT2D eigenvalue weighted by Crippen LogP contribution is 2.33. The summed E-state index contributed by atoms with van der Waals surface area (Å²) in [5, 5.41) is 2.12. The lowest BCUT2D eigenvalue weighted by Gasteiger charge is -2.29. The predicted molar refractivity (Wildman–Crippen MR) is 91.9 cm³/mol. The Morgan fingerprint density at radius 2 is 2.11 bits per heavy atom. The van der Waals surface area contributed by atoms with Crippen LogP contribution in [-0.4, -0.2) is 18.0 Å². The molecule has 0 aliphatic heterocycles. The van der Waals surface area contributed by atoms with E-state index < -0.39 is 0 Å². The molecule has 0 aromatic carbocycles. The molecule has 0 saturated carbocycles. The Bertz CT molecular complexity index is 536. The van der Waals surface area contributed by atoms with E-state index in [9.17, 15) is 0 Å². The lowest BCUT2D eigenvalue weighted by molar-refractivity contribution is 0.216. The zero-order valence-electron chi connectivity index (χ0n) is 10.8. The molecule has 2 aromatic rings. The standard InChI is InChI=1S/C13H16Br2N2S2/c1-8(16)13(11-3-4-12(15)19-11)17(2)6-10-5-9(14)7-18-10/h3-5,7-8,13H,6,16H2,1-2H3. The van der Waals surface area contributed by atoms with Gasteiger partial charge >= 0.3 is 0 Å². The van der Waals surface area contributed by atoms with E-state index in [4.69, 9.17) is 5.73 Å². The molecule has 0 fully saturated rings. The van der Waals surface area contributed by atoms with Crippen molar-refractivity contribution >= 4 is 54.5 Å². The number of halogens is 2. The van der Waals surface area contributed by atoms with Gasteiger partial charge in [0.05, 0.1) is 9.83 Å². The van der Waals surface area contributed by atoms with Crippen LogP contribution in [-0.2, 0) is 6.54 Å². The molecule has 2 atom stereocenters. The van der Waals surface area contributed by atoms with E-state index in [-0.39, 0.29) is 12.1 Å². The number of rotatable bonds is 5. The minimum Gasteiger partial charge on any atom is -0.326 e. The molecule has 0 spiro atoms. The first kappa shape index (κ1) is 15.7. The maximum absolute atomic E-state index is 6.18. The van der Waals surface area contributed by atoms with Gasteiger partial charge in [-0.25, -0.2) is 0 Å². The SMILES string of the molecule is CC(N)C(c1ccc(Br)s1)N(C)Cc1cc(Br)cs1. The molecule has 0 aliphatic rings. The second-order valence-corrected chi connectivity index (χ2v) is 9.00. The maximum Gasteiger partial charge on any atom is 0.0702 e. The van der Waals surface area contributed by atoms with Crippen molar-refractivity contribution in [2.45, 2.75) is 25.6 Å². The summed E-state index contributed by atoms with van der Waals surface area (Å²) in [5.41, 5.74) is 6.18. The first-order valence-corrected chi connectivity index (χ1v) is 9.19. The van der Waals surface area contributed by atoms with Crippen LogP contribution in [0.1, 0.15) is 22.7 Å². The topological polar surface area (TPSA) is 29.3 Å². The summed E-state index contributed by atoms with van der Waals surface area (Å²) in [6.45, 7) is 2.98. The molecule has 2 N–H and O–H groups in total. The smallest absolute Gasteiger partial charge is 0.0702 e. The van der Waals surface area contributed by atoms with Gasteiger partial charge in [0.25, 0.3) is 0 Å². The quantitative estimate of drug-likeness (QED) is 0.744. The van der Waals surface area contributed by atoms with Gasteiger partial charge in [-0.3, -0.25) is 4.90 Å². The Morgan fingerprint density at radius 1 is 1.37 bits per heavy atom. The van der Waals surface area contributed by atoms with Crippen LogP contribution in [0.2, 0.25) is 0 Å². The summed E-state index contributed by atoms with van der Waals surface area (Å²) in [6, 6.07) is 6.76. The maximum atomic E-state index is 6.18. The molecule has 2 nitrogen and oxygen atoms in total. The summed E-state index contributed by atoms with van der Waals surface area (Å²) in [6.07, 6.45) is 0. The van der Waals surface area contributed by atoms with E-state index in [0.29, 0.717) is 0 Å². The number of nitrogens with zero attached hydrogens (tertiary/aromatic N) is 1. The number of likely N-dealkylation sites (N-methyl/N-ethyl adjacent to an activating group) is 1. The minimum atomic E-state index is 0.0963. The molecule has 2 heterocycles. The average molecular weight is 424 g/mol. The molecule has 0 amide bonds. The summed E-state index contributed by atoms with van der Waals surface area (Å²) < 4.78 is 2.30. The molecular formula is C13H16Br2N2S2. The van der Waals surface area contributed by atoms with Gasteiger partial charge in [-0.05, 0) is 64.0 Å². The van der Waals surface area contributed by atoms with Crippen LogP contribution < -0.4 is 5.73 Å². The summed E-state index contributed by atoms with van der Waals surface area (Å²) in [5.74, 6) is 0. The van der Waals surface area contributed by atoms with E-state index in [1.54, 1.807) is 22.7 Å². The number of hydrogen-bond acceptors (Lipinski definition) is 4. The lowest BCUT2D eigenvalue weighted by Crippen LogP contribution is -2.36. The number of hydrogen-bond donors (Lipinski definition) is 1. The second-order valence-electron chi connectivity index (χ2n) is 4.59. The summed E-state index contributed by atoms with van der Waals surface area (Å²) in [7, 11) is 2.13. The Balaban J connectivity index is 2.15. The Hall–Kier alpha value is 0.280. The van der Waals surface area contributed by atoms with Crippen molar-refractivity contribution in [3.63, 3.8) is 0 Å². The van der Waals surface area contributed by atoms with Crippen LogP contribution in [0.3, 0.4) is 0 Å². The van der Waals surface area contributed by atoms with Gasteiger partial charge in [-0.2, -0.15) is 0 Å². The second kappa shape index (κ2) is 6.83. The molecule has 19 heavy (non-hydrogen) atoms. The molecule has 2 rings (SSSR count). The molecule has 0 saturated heterocycles. The third kappa shape index (κ3) is 4.12. The fraction of sp³-hybridized carbons (Fsp3) is 0.385. The molecule has 0 aliphatic carbocycles. The predicted octanol–water partition coefficient (Wildman–Crippen LogP) is 4.85. The van der Waals surface area contributed by atoms with Crippen molar-refractivity contribution < 1.29 is 0 Å². The summed E-state index contributed by atoms with van der Waals surface area (Å²) in [4.78, 5) is 4.97. The third-order valence-electron chi connectivity index (χ3n) is 2.89. The van der Waals surface area contributed by atoms with Gasteiger partial charge in [0.2, 0.25) is 0 Å². The Labute approximate surface area is 138 Å². The van der Waals surface area contributed by atoms with Crippen molar-refractivity contribution in [1.29, 1.82) is 0 Å². The molecule has 6 heteroatoms. The van der Waals surface area contributed by atoms with Gasteiger partial charge < -0.3 is 5.73 Å². The Kier molecular flexibility index (Phi) is 5.63. The van der Waals surface area contributed by atoms with E-state index in [1.807, 2.05) is 0 Å². The first-order chi connectivity index (χ1) is 8.97. The van der Waals surface area contributed by atoms with E-state index in [2.05, 4.69) is 74.3 Å². The van der Waals surface area contributed by atoms with Gasteiger partial charge in [0.1, 0.15) is 0 Å². The first-order valence-electron chi connectivity index (χ1n) is 5.91. The van der Waals surface area contributed by atoms with E-state index >= 15 is 0 Å². The molecule has 2 unspecified atom stereocenters. The van der Waals surface area contributed by atoms with Crippen LogP contribution in [0, 0.1) is 0 Å². The fourth-order valence-electron chi connectivity index (χ4n) is 2.15.